The van der Waals surface area contributed by atoms with Crippen molar-refractivity contribution < 1.29 is 14.6 Å². The van der Waals surface area contributed by atoms with Gasteiger partial charge in [0.1, 0.15) is 5.75 Å². The van der Waals surface area contributed by atoms with Crippen LogP contribution in [0.15, 0.2) is 24.3 Å². The van der Waals surface area contributed by atoms with Crippen LogP contribution >= 0.6 is 0 Å². The largest absolute Gasteiger partial charge is 0.496 e. The Morgan fingerprint density at radius 1 is 1.44 bits per heavy atom. The van der Waals surface area contributed by atoms with Crippen molar-refractivity contribution in [1.82, 2.24) is 5.32 Å². The molecule has 0 bridgehead atoms. The number of rotatable bonds is 7. The number of ether oxygens (including phenoxy) is 1. The number of carbonyl (C=O) groups excluding carboxylic acids is 1. The summed E-state index contributed by atoms with van der Waals surface area (Å²) in [6.45, 7) is 2.20. The lowest BCUT2D eigenvalue weighted by atomic mass is 10.1. The van der Waals surface area contributed by atoms with Crippen LogP contribution in [0, 0.1) is 0 Å². The van der Waals surface area contributed by atoms with Crippen molar-refractivity contribution in [1.29, 1.82) is 0 Å². The molecule has 18 heavy (non-hydrogen) atoms. The second kappa shape index (κ2) is 7.71. The van der Waals surface area contributed by atoms with Crippen molar-refractivity contribution in [2.75, 3.05) is 13.7 Å². The number of benzene rings is 1. The molecule has 0 heterocycles. The number of methoxy groups -OCH3 is 1. The number of aryl methyl sites for hydroxylation is 1. The molecule has 2 N–H and O–H groups in total. The van der Waals surface area contributed by atoms with E-state index in [4.69, 9.17) is 4.74 Å². The minimum Gasteiger partial charge on any atom is -0.496 e. The van der Waals surface area contributed by atoms with Gasteiger partial charge in [-0.05, 0) is 24.5 Å². The molecule has 0 aliphatic carbocycles. The smallest absolute Gasteiger partial charge is 0.220 e. The molecule has 1 amide bonds. The molecule has 0 spiro atoms. The zero-order valence-electron chi connectivity index (χ0n) is 11.0. The van der Waals surface area contributed by atoms with E-state index in [0.29, 0.717) is 25.8 Å². The number of carbonyl (C=O) groups is 1. The molecule has 100 valence electrons. The van der Waals surface area contributed by atoms with Crippen molar-refractivity contribution in [3.63, 3.8) is 0 Å². The van der Waals surface area contributed by atoms with Gasteiger partial charge in [0, 0.05) is 13.0 Å². The van der Waals surface area contributed by atoms with Crippen LogP contribution in [0.3, 0.4) is 0 Å². The molecular weight excluding hydrogens is 230 g/mol. The lowest BCUT2D eigenvalue weighted by Gasteiger charge is -2.10. The third-order valence-corrected chi connectivity index (χ3v) is 2.82. The lowest BCUT2D eigenvalue weighted by Crippen LogP contribution is -2.31. The first kappa shape index (κ1) is 14.5. The molecule has 1 unspecified atom stereocenters. The molecule has 0 fully saturated rings. The molecule has 0 aliphatic heterocycles. The molecule has 0 radical (unpaired) electrons. The number of hydrogen-bond donors (Lipinski definition) is 2. The summed E-state index contributed by atoms with van der Waals surface area (Å²) in [6, 6.07) is 7.66. The van der Waals surface area contributed by atoms with Gasteiger partial charge in [-0.15, -0.1) is 0 Å². The highest BCUT2D eigenvalue weighted by molar-refractivity contribution is 5.76. The molecular formula is C14H21NO3. The number of aliphatic hydroxyl groups excluding tert-OH is 1. The number of nitrogens with one attached hydrogen (secondary N) is 1. The summed E-state index contributed by atoms with van der Waals surface area (Å²) in [6.07, 6.45) is 1.22. The third-order valence-electron chi connectivity index (χ3n) is 2.82. The lowest BCUT2D eigenvalue weighted by molar-refractivity contribution is -0.121. The number of hydrogen-bond acceptors (Lipinski definition) is 3. The highest BCUT2D eigenvalue weighted by Crippen LogP contribution is 2.18. The summed E-state index contributed by atoms with van der Waals surface area (Å²) in [7, 11) is 1.62. The summed E-state index contributed by atoms with van der Waals surface area (Å²) in [5.41, 5.74) is 1.02. The average Bonchev–Trinajstić information content (AvgIpc) is 2.42. The Morgan fingerprint density at radius 3 is 2.83 bits per heavy atom. The predicted octanol–water partition coefficient (Wildman–Crippen LogP) is 1.51. The summed E-state index contributed by atoms with van der Waals surface area (Å²) in [5.74, 6) is 0.757. The maximum absolute atomic E-state index is 11.6. The van der Waals surface area contributed by atoms with Gasteiger partial charge in [0.05, 0.1) is 13.2 Å². The van der Waals surface area contributed by atoms with Crippen LogP contribution in [0.4, 0.5) is 0 Å². The van der Waals surface area contributed by atoms with E-state index in [0.717, 1.165) is 11.3 Å². The van der Waals surface area contributed by atoms with Crippen molar-refractivity contribution in [3.8, 4) is 5.75 Å². The second-order valence-electron chi connectivity index (χ2n) is 4.18. The Balaban J connectivity index is 2.38. The van der Waals surface area contributed by atoms with Gasteiger partial charge in [-0.2, -0.15) is 0 Å². The summed E-state index contributed by atoms with van der Waals surface area (Å²) in [4.78, 5) is 11.6. The van der Waals surface area contributed by atoms with Gasteiger partial charge in [-0.3, -0.25) is 4.79 Å². The van der Waals surface area contributed by atoms with Gasteiger partial charge in [0.25, 0.3) is 0 Å². The zero-order chi connectivity index (χ0) is 13.4. The second-order valence-corrected chi connectivity index (χ2v) is 4.18. The highest BCUT2D eigenvalue weighted by atomic mass is 16.5. The molecule has 0 aromatic heterocycles. The number of amides is 1. The van der Waals surface area contributed by atoms with Crippen LogP contribution in [-0.4, -0.2) is 30.8 Å². The zero-order valence-corrected chi connectivity index (χ0v) is 11.0. The summed E-state index contributed by atoms with van der Waals surface area (Å²) >= 11 is 0. The van der Waals surface area contributed by atoms with Gasteiger partial charge in [-0.25, -0.2) is 0 Å². The Bertz CT molecular complexity index is 379. The molecule has 4 nitrogen and oxygen atoms in total. The first-order valence-corrected chi connectivity index (χ1v) is 6.24. The molecule has 0 aliphatic rings. The van der Waals surface area contributed by atoms with E-state index in [1.54, 1.807) is 7.11 Å². The Hall–Kier alpha value is -1.55. The van der Waals surface area contributed by atoms with Gasteiger partial charge in [0.2, 0.25) is 5.91 Å². The van der Waals surface area contributed by atoms with Crippen molar-refractivity contribution >= 4 is 5.91 Å². The van der Waals surface area contributed by atoms with E-state index in [-0.39, 0.29) is 5.91 Å². The van der Waals surface area contributed by atoms with E-state index in [9.17, 15) is 9.90 Å². The number of para-hydroxylation sites is 1. The predicted molar refractivity (Wildman–Crippen MR) is 70.6 cm³/mol. The third kappa shape index (κ3) is 4.75. The van der Waals surface area contributed by atoms with Gasteiger partial charge < -0.3 is 15.2 Å². The van der Waals surface area contributed by atoms with Crippen molar-refractivity contribution in [2.45, 2.75) is 32.3 Å². The maximum atomic E-state index is 11.6. The fraction of sp³-hybridized carbons (Fsp3) is 0.500. The molecule has 1 atom stereocenters. The normalized spacial score (nSPS) is 11.9. The van der Waals surface area contributed by atoms with Crippen molar-refractivity contribution in [3.05, 3.63) is 29.8 Å². The fourth-order valence-corrected chi connectivity index (χ4v) is 1.62. The summed E-state index contributed by atoms with van der Waals surface area (Å²) < 4.78 is 5.22. The Labute approximate surface area is 108 Å². The summed E-state index contributed by atoms with van der Waals surface area (Å²) in [5, 5.41) is 12.1. The Morgan fingerprint density at radius 2 is 2.17 bits per heavy atom. The van der Waals surface area contributed by atoms with Crippen LogP contribution in [0.5, 0.6) is 5.75 Å². The van der Waals surface area contributed by atoms with Crippen LogP contribution in [0.25, 0.3) is 0 Å². The standard InChI is InChI=1S/C14H21NO3/c1-3-12(16)10-15-14(17)9-8-11-6-4-5-7-13(11)18-2/h4-7,12,16H,3,8-10H2,1-2H3,(H,15,17). The van der Waals surface area contributed by atoms with E-state index in [2.05, 4.69) is 5.32 Å². The monoisotopic (exact) mass is 251 g/mol. The molecule has 0 saturated heterocycles. The SMILES string of the molecule is CCC(O)CNC(=O)CCc1ccccc1OC. The van der Waals surface area contributed by atoms with E-state index >= 15 is 0 Å². The first-order chi connectivity index (χ1) is 8.67. The van der Waals surface area contributed by atoms with E-state index in [1.165, 1.54) is 0 Å². The first-order valence-electron chi connectivity index (χ1n) is 6.24. The molecule has 4 heteroatoms. The minimum absolute atomic E-state index is 0.0478. The molecule has 1 aromatic rings. The maximum Gasteiger partial charge on any atom is 0.220 e. The van der Waals surface area contributed by atoms with Crippen LogP contribution in [0.1, 0.15) is 25.3 Å². The minimum atomic E-state index is -0.458. The van der Waals surface area contributed by atoms with Crippen molar-refractivity contribution in [2.24, 2.45) is 0 Å². The molecule has 0 saturated carbocycles. The highest BCUT2D eigenvalue weighted by Gasteiger charge is 2.07. The van der Waals surface area contributed by atoms with E-state index < -0.39 is 6.10 Å². The topological polar surface area (TPSA) is 58.6 Å². The van der Waals surface area contributed by atoms with Crippen LogP contribution in [-0.2, 0) is 11.2 Å². The fourth-order valence-electron chi connectivity index (χ4n) is 1.62. The van der Waals surface area contributed by atoms with Gasteiger partial charge in [0.15, 0.2) is 0 Å². The number of aliphatic hydroxyl groups is 1. The quantitative estimate of drug-likeness (QED) is 0.772. The van der Waals surface area contributed by atoms with Crippen LogP contribution < -0.4 is 10.1 Å². The van der Waals surface area contributed by atoms with E-state index in [1.807, 2.05) is 31.2 Å². The molecule has 1 rings (SSSR count). The average molecular weight is 251 g/mol. The van der Waals surface area contributed by atoms with Crippen LogP contribution in [0.2, 0.25) is 0 Å². The molecule has 1 aromatic carbocycles. The van der Waals surface area contributed by atoms with Gasteiger partial charge >= 0.3 is 0 Å². The Kier molecular flexibility index (Phi) is 6.22. The van der Waals surface area contributed by atoms with Gasteiger partial charge in [-0.1, -0.05) is 25.1 Å².